The Labute approximate surface area is 154 Å². The van der Waals surface area contributed by atoms with Gasteiger partial charge in [-0.2, -0.15) is 11.8 Å². The summed E-state index contributed by atoms with van der Waals surface area (Å²) in [5, 5.41) is 12.4. The van der Waals surface area contributed by atoms with Gasteiger partial charge in [-0.1, -0.05) is 0 Å². The Kier molecular flexibility index (Phi) is 6.14. The molecule has 1 unspecified atom stereocenters. The molecule has 0 bridgehead atoms. The number of amides is 1. The maximum absolute atomic E-state index is 12.4. The lowest BCUT2D eigenvalue weighted by molar-refractivity contribution is -0.121. The smallest absolute Gasteiger partial charge is 0.259 e. The largest absolute Gasteiger partial charge is 0.394 e. The van der Waals surface area contributed by atoms with E-state index < -0.39 is 0 Å². The van der Waals surface area contributed by atoms with Crippen molar-refractivity contribution in [3.63, 3.8) is 0 Å². The number of hydrogen-bond donors (Lipinski definition) is 3. The van der Waals surface area contributed by atoms with Crippen molar-refractivity contribution in [2.24, 2.45) is 0 Å². The van der Waals surface area contributed by atoms with Crippen LogP contribution in [-0.2, 0) is 23.4 Å². The van der Waals surface area contributed by atoms with Crippen LogP contribution in [0.3, 0.4) is 0 Å². The Hall–Kier alpha value is -1.38. The molecule has 1 amide bonds. The molecule has 2 aromatic rings. The Morgan fingerprint density at radius 1 is 1.44 bits per heavy atom. The van der Waals surface area contributed by atoms with Gasteiger partial charge in [0, 0.05) is 23.1 Å². The number of fused-ring (bicyclic) bond motifs is 3. The second kappa shape index (κ2) is 8.33. The van der Waals surface area contributed by atoms with Crippen molar-refractivity contribution in [2.45, 2.75) is 50.8 Å². The molecule has 0 saturated carbocycles. The first-order chi connectivity index (χ1) is 12.1. The summed E-state index contributed by atoms with van der Waals surface area (Å²) in [4.78, 5) is 33.8. The number of aliphatic hydroxyl groups excluding tert-OH is 1. The van der Waals surface area contributed by atoms with Crippen LogP contribution in [0.1, 0.15) is 42.5 Å². The van der Waals surface area contributed by atoms with Crippen molar-refractivity contribution in [1.82, 2.24) is 15.3 Å². The summed E-state index contributed by atoms with van der Waals surface area (Å²) in [6.45, 7) is 1.70. The molecule has 0 radical (unpaired) electrons. The quantitative estimate of drug-likeness (QED) is 0.638. The summed E-state index contributed by atoms with van der Waals surface area (Å²) in [6.07, 6.45) is 4.76. The topological polar surface area (TPSA) is 95.1 Å². The van der Waals surface area contributed by atoms with Gasteiger partial charge in [0.2, 0.25) is 5.91 Å². The van der Waals surface area contributed by atoms with Crippen molar-refractivity contribution in [2.75, 3.05) is 12.4 Å². The molecule has 3 rings (SSSR count). The zero-order valence-electron chi connectivity index (χ0n) is 14.3. The highest BCUT2D eigenvalue weighted by molar-refractivity contribution is 7.98. The summed E-state index contributed by atoms with van der Waals surface area (Å²) in [5.74, 6) is 1.82. The Balaban J connectivity index is 1.59. The Morgan fingerprint density at radius 2 is 2.24 bits per heavy atom. The molecule has 0 saturated heterocycles. The van der Waals surface area contributed by atoms with Gasteiger partial charge in [-0.25, -0.2) is 4.98 Å². The van der Waals surface area contributed by atoms with Gasteiger partial charge < -0.3 is 15.4 Å². The Bertz CT molecular complexity index is 815. The number of carbonyl (C=O) groups is 1. The third-order valence-corrected chi connectivity index (χ3v) is 6.42. The van der Waals surface area contributed by atoms with Crippen LogP contribution in [0.2, 0.25) is 0 Å². The lowest BCUT2D eigenvalue weighted by Gasteiger charge is -2.10. The second-order valence-electron chi connectivity index (χ2n) is 6.36. The van der Waals surface area contributed by atoms with Crippen molar-refractivity contribution in [3.05, 3.63) is 26.6 Å². The zero-order valence-corrected chi connectivity index (χ0v) is 15.9. The van der Waals surface area contributed by atoms with Gasteiger partial charge in [0.1, 0.15) is 10.7 Å². The third-order valence-electron chi connectivity index (χ3n) is 4.27. The number of thiophene rings is 1. The van der Waals surface area contributed by atoms with E-state index in [1.807, 2.05) is 0 Å². The summed E-state index contributed by atoms with van der Waals surface area (Å²) >= 11 is 3.22. The predicted octanol–water partition coefficient (Wildman–Crippen LogP) is 1.98. The number of carbonyl (C=O) groups excluding carboxylic acids is 1. The van der Waals surface area contributed by atoms with Gasteiger partial charge in [0.05, 0.1) is 17.7 Å². The van der Waals surface area contributed by atoms with E-state index in [4.69, 9.17) is 5.11 Å². The van der Waals surface area contributed by atoms with Gasteiger partial charge in [0.25, 0.3) is 5.56 Å². The molecule has 6 nitrogen and oxygen atoms in total. The van der Waals surface area contributed by atoms with Crippen LogP contribution in [0.15, 0.2) is 4.79 Å². The second-order valence-corrected chi connectivity index (χ2v) is 8.55. The van der Waals surface area contributed by atoms with E-state index in [2.05, 4.69) is 15.3 Å². The molecule has 1 aliphatic rings. The SMILES string of the molecule is CC(CO)NC(=O)CCSCc1nc2sc3c(c2c(=O)[nH]1)CCCC3. The molecule has 0 fully saturated rings. The number of aromatic amines is 1. The number of hydrogen-bond acceptors (Lipinski definition) is 6. The van der Waals surface area contributed by atoms with Gasteiger partial charge in [-0.15, -0.1) is 11.3 Å². The molecule has 2 aromatic heterocycles. The number of aryl methyl sites for hydroxylation is 2. The molecule has 0 aliphatic heterocycles. The standard InChI is InChI=1S/C17H23N3O3S2/c1-10(8-21)18-14(22)6-7-24-9-13-19-16(23)15-11-4-2-3-5-12(11)25-17(15)20-13/h10,21H,2-9H2,1H3,(H,18,22)(H,19,20,23). The highest BCUT2D eigenvalue weighted by Crippen LogP contribution is 2.33. The molecule has 2 heterocycles. The van der Waals surface area contributed by atoms with E-state index in [0.29, 0.717) is 23.8 Å². The van der Waals surface area contributed by atoms with E-state index in [1.54, 1.807) is 30.0 Å². The average Bonchev–Trinajstić information content (AvgIpc) is 2.97. The molecule has 25 heavy (non-hydrogen) atoms. The minimum absolute atomic E-state index is 0.0329. The predicted molar refractivity (Wildman–Crippen MR) is 102 cm³/mol. The van der Waals surface area contributed by atoms with E-state index in [9.17, 15) is 9.59 Å². The van der Waals surface area contributed by atoms with Crippen molar-refractivity contribution in [3.8, 4) is 0 Å². The van der Waals surface area contributed by atoms with Crippen LogP contribution in [0.4, 0.5) is 0 Å². The summed E-state index contributed by atoms with van der Waals surface area (Å²) in [7, 11) is 0. The number of aromatic nitrogens is 2. The molecule has 136 valence electrons. The molecular weight excluding hydrogens is 358 g/mol. The van der Waals surface area contributed by atoms with Gasteiger partial charge >= 0.3 is 0 Å². The molecule has 1 atom stereocenters. The first kappa shape index (κ1) is 18.4. The Morgan fingerprint density at radius 3 is 3.04 bits per heavy atom. The van der Waals surface area contributed by atoms with Crippen LogP contribution in [0.5, 0.6) is 0 Å². The van der Waals surface area contributed by atoms with Gasteiger partial charge in [-0.3, -0.25) is 9.59 Å². The third kappa shape index (κ3) is 4.43. The molecule has 0 aromatic carbocycles. The van der Waals surface area contributed by atoms with Crippen molar-refractivity contribution < 1.29 is 9.90 Å². The minimum atomic E-state index is -0.220. The number of aliphatic hydroxyl groups is 1. The average molecular weight is 382 g/mol. The first-order valence-electron chi connectivity index (χ1n) is 8.60. The normalized spacial score (nSPS) is 15.1. The minimum Gasteiger partial charge on any atom is -0.394 e. The number of thioether (sulfide) groups is 1. The monoisotopic (exact) mass is 381 g/mol. The maximum Gasteiger partial charge on any atom is 0.259 e. The fraction of sp³-hybridized carbons (Fsp3) is 0.588. The number of nitrogens with one attached hydrogen (secondary N) is 2. The van der Waals surface area contributed by atoms with E-state index in [-0.39, 0.29) is 24.1 Å². The lowest BCUT2D eigenvalue weighted by Crippen LogP contribution is -2.35. The summed E-state index contributed by atoms with van der Waals surface area (Å²) in [5.41, 5.74) is 1.17. The number of H-pyrrole nitrogens is 1. The number of rotatable bonds is 7. The maximum atomic E-state index is 12.4. The van der Waals surface area contributed by atoms with Gasteiger partial charge in [0.15, 0.2) is 0 Å². The van der Waals surface area contributed by atoms with Gasteiger partial charge in [-0.05, 0) is 38.2 Å². The fourth-order valence-electron chi connectivity index (χ4n) is 3.00. The zero-order chi connectivity index (χ0) is 17.8. The van der Waals surface area contributed by atoms with E-state index in [0.717, 1.165) is 29.5 Å². The molecular formula is C17H23N3O3S2. The molecule has 0 spiro atoms. The number of nitrogens with zero attached hydrogens (tertiary/aromatic N) is 1. The van der Waals surface area contributed by atoms with Crippen LogP contribution in [-0.4, -0.2) is 39.4 Å². The van der Waals surface area contributed by atoms with Crippen LogP contribution in [0, 0.1) is 0 Å². The van der Waals surface area contributed by atoms with Crippen molar-refractivity contribution >= 4 is 39.2 Å². The fourth-order valence-corrected chi connectivity index (χ4v) is 5.09. The lowest BCUT2D eigenvalue weighted by atomic mass is 9.97. The summed E-state index contributed by atoms with van der Waals surface area (Å²) in [6, 6.07) is -0.220. The molecule has 3 N–H and O–H groups in total. The first-order valence-corrected chi connectivity index (χ1v) is 10.6. The van der Waals surface area contributed by atoms with Crippen LogP contribution < -0.4 is 10.9 Å². The summed E-state index contributed by atoms with van der Waals surface area (Å²) < 4.78 is 0. The highest BCUT2D eigenvalue weighted by atomic mass is 32.2. The molecule has 8 heteroatoms. The van der Waals surface area contributed by atoms with E-state index in [1.165, 1.54) is 16.9 Å². The van der Waals surface area contributed by atoms with Crippen molar-refractivity contribution in [1.29, 1.82) is 0 Å². The molecule has 1 aliphatic carbocycles. The highest BCUT2D eigenvalue weighted by Gasteiger charge is 2.19. The van der Waals surface area contributed by atoms with Crippen LogP contribution in [0.25, 0.3) is 10.2 Å². The van der Waals surface area contributed by atoms with Crippen LogP contribution >= 0.6 is 23.1 Å². The van der Waals surface area contributed by atoms with E-state index >= 15 is 0 Å².